The maximum atomic E-state index is 5.89. The van der Waals surface area contributed by atoms with Crippen molar-refractivity contribution in [2.45, 2.75) is 19.0 Å². The number of oxazole rings is 1. The van der Waals surface area contributed by atoms with Gasteiger partial charge in [-0.1, -0.05) is 11.6 Å². The molecule has 0 radical (unpaired) electrons. The summed E-state index contributed by atoms with van der Waals surface area (Å²) in [4.78, 5) is 6.81. The largest absolute Gasteiger partial charge is 0.444 e. The first kappa shape index (κ1) is 15.3. The predicted octanol–water partition coefficient (Wildman–Crippen LogP) is 2.95. The molecule has 2 aromatic rings. The Hall–Kier alpha value is -1.07. The molecule has 1 aliphatic rings. The molecule has 3 rings (SSSR count). The first-order valence-electron chi connectivity index (χ1n) is 6.39. The first-order valence-corrected chi connectivity index (χ1v) is 6.77. The molecule has 0 amide bonds. The van der Waals surface area contributed by atoms with Crippen molar-refractivity contribution in [3.05, 3.63) is 41.2 Å². The zero-order chi connectivity index (χ0) is 13.2. The Balaban J connectivity index is 0.00000147. The van der Waals surface area contributed by atoms with Gasteiger partial charge in [0.25, 0.3) is 0 Å². The molecule has 1 atom stereocenters. The topological polar surface area (TPSA) is 55.3 Å². The number of halogens is 2. The molecule has 2 heterocycles. The highest BCUT2D eigenvalue weighted by atomic mass is 35.5. The molecule has 20 heavy (non-hydrogen) atoms. The summed E-state index contributed by atoms with van der Waals surface area (Å²) < 4.78 is 5.52. The third-order valence-corrected chi connectivity index (χ3v) is 3.59. The van der Waals surface area contributed by atoms with Crippen LogP contribution in [-0.2, 0) is 6.54 Å². The molecule has 1 aliphatic heterocycles. The summed E-state index contributed by atoms with van der Waals surface area (Å²) in [5, 5.41) is 0.710. The molecule has 2 N–H and O–H groups in total. The van der Waals surface area contributed by atoms with E-state index in [1.807, 2.05) is 24.3 Å². The third-order valence-electron chi connectivity index (χ3n) is 3.34. The molecular weight excluding hydrogens is 297 g/mol. The van der Waals surface area contributed by atoms with Crippen LogP contribution >= 0.6 is 24.0 Å². The van der Waals surface area contributed by atoms with E-state index in [1.165, 1.54) is 0 Å². The van der Waals surface area contributed by atoms with Crippen LogP contribution in [0.1, 0.15) is 12.1 Å². The molecule has 6 heteroatoms. The summed E-state index contributed by atoms with van der Waals surface area (Å²) >= 11 is 5.86. The van der Waals surface area contributed by atoms with E-state index in [0.29, 0.717) is 17.0 Å². The molecule has 1 fully saturated rings. The lowest BCUT2D eigenvalue weighted by molar-refractivity contribution is 0.322. The number of likely N-dealkylation sites (tertiary alicyclic amines) is 1. The Morgan fingerprint density at radius 3 is 2.75 bits per heavy atom. The van der Waals surface area contributed by atoms with E-state index in [9.17, 15) is 0 Å². The molecule has 108 valence electrons. The molecule has 0 spiro atoms. The molecule has 1 saturated heterocycles. The second-order valence-corrected chi connectivity index (χ2v) is 5.37. The summed E-state index contributed by atoms with van der Waals surface area (Å²) in [7, 11) is 0. The summed E-state index contributed by atoms with van der Waals surface area (Å²) in [5.74, 6) is 0.634. The van der Waals surface area contributed by atoms with Crippen LogP contribution in [0.5, 0.6) is 0 Å². The van der Waals surface area contributed by atoms with Crippen molar-refractivity contribution >= 4 is 24.0 Å². The molecular formula is C14H17Cl2N3O. The van der Waals surface area contributed by atoms with Gasteiger partial charge in [0.2, 0.25) is 5.89 Å². The van der Waals surface area contributed by atoms with E-state index in [-0.39, 0.29) is 12.4 Å². The van der Waals surface area contributed by atoms with Gasteiger partial charge in [-0.2, -0.15) is 0 Å². The lowest BCUT2D eigenvalue weighted by Gasteiger charge is -2.12. The maximum absolute atomic E-state index is 5.89. The van der Waals surface area contributed by atoms with Gasteiger partial charge in [0.05, 0.1) is 5.69 Å². The lowest BCUT2D eigenvalue weighted by Crippen LogP contribution is -2.26. The van der Waals surface area contributed by atoms with Crippen LogP contribution in [0.15, 0.2) is 34.9 Å². The minimum atomic E-state index is 0. The number of rotatable bonds is 3. The first-order chi connectivity index (χ1) is 9.20. The van der Waals surface area contributed by atoms with E-state index >= 15 is 0 Å². The number of hydrogen-bond acceptors (Lipinski definition) is 4. The second kappa shape index (κ2) is 6.59. The van der Waals surface area contributed by atoms with Crippen LogP contribution in [0.25, 0.3) is 11.5 Å². The highest BCUT2D eigenvalue weighted by Crippen LogP contribution is 2.21. The van der Waals surface area contributed by atoms with Gasteiger partial charge in [-0.25, -0.2) is 4.98 Å². The van der Waals surface area contributed by atoms with Crippen molar-refractivity contribution in [3.63, 3.8) is 0 Å². The van der Waals surface area contributed by atoms with Gasteiger partial charge in [0.15, 0.2) is 0 Å². The highest BCUT2D eigenvalue weighted by Gasteiger charge is 2.20. The molecule has 1 unspecified atom stereocenters. The van der Waals surface area contributed by atoms with E-state index in [0.717, 1.165) is 37.3 Å². The van der Waals surface area contributed by atoms with Crippen molar-refractivity contribution in [2.75, 3.05) is 13.1 Å². The Bertz CT molecular complexity index is 556. The number of hydrogen-bond donors (Lipinski definition) is 1. The summed E-state index contributed by atoms with van der Waals surface area (Å²) in [5.41, 5.74) is 7.77. The van der Waals surface area contributed by atoms with E-state index < -0.39 is 0 Å². The Morgan fingerprint density at radius 1 is 1.35 bits per heavy atom. The number of nitrogens with zero attached hydrogens (tertiary/aromatic N) is 2. The molecule has 1 aromatic carbocycles. The van der Waals surface area contributed by atoms with E-state index in [4.69, 9.17) is 21.8 Å². The minimum absolute atomic E-state index is 0. The average Bonchev–Trinajstić information content (AvgIpc) is 3.00. The Labute approximate surface area is 129 Å². The highest BCUT2D eigenvalue weighted by molar-refractivity contribution is 6.30. The average molecular weight is 314 g/mol. The predicted molar refractivity (Wildman–Crippen MR) is 82.1 cm³/mol. The van der Waals surface area contributed by atoms with Gasteiger partial charge >= 0.3 is 0 Å². The third kappa shape index (κ3) is 3.52. The fourth-order valence-corrected chi connectivity index (χ4v) is 2.47. The van der Waals surface area contributed by atoms with E-state index in [2.05, 4.69) is 9.88 Å². The zero-order valence-electron chi connectivity index (χ0n) is 11.0. The Kier molecular flexibility index (Phi) is 5.05. The normalized spacial score (nSPS) is 19.0. The smallest absolute Gasteiger partial charge is 0.226 e. The summed E-state index contributed by atoms with van der Waals surface area (Å²) in [6, 6.07) is 7.77. The SMILES string of the molecule is Cl.NC1CCN(Cc2coc(-c3ccc(Cl)cc3)n2)C1. The second-order valence-electron chi connectivity index (χ2n) is 4.93. The molecule has 0 aliphatic carbocycles. The van der Waals surface area contributed by atoms with Gasteiger partial charge < -0.3 is 10.2 Å². The fourth-order valence-electron chi connectivity index (χ4n) is 2.34. The molecule has 1 aromatic heterocycles. The van der Waals surface area contributed by atoms with Crippen molar-refractivity contribution < 1.29 is 4.42 Å². The van der Waals surface area contributed by atoms with Gasteiger partial charge in [0.1, 0.15) is 6.26 Å². The molecule has 4 nitrogen and oxygen atoms in total. The van der Waals surface area contributed by atoms with E-state index in [1.54, 1.807) is 6.26 Å². The van der Waals surface area contributed by atoms with Crippen molar-refractivity contribution in [1.29, 1.82) is 0 Å². The monoisotopic (exact) mass is 313 g/mol. The number of benzene rings is 1. The summed E-state index contributed by atoms with van der Waals surface area (Å²) in [6.07, 6.45) is 2.77. The lowest BCUT2D eigenvalue weighted by atomic mass is 10.2. The standard InChI is InChI=1S/C14H16ClN3O.ClH/c15-11-3-1-10(2-4-11)14-17-13(9-19-14)8-18-6-5-12(16)7-18;/h1-4,9,12H,5-8,16H2;1H. The van der Waals surface area contributed by atoms with Gasteiger partial charge in [0, 0.05) is 36.3 Å². The van der Waals surface area contributed by atoms with Crippen LogP contribution in [0.4, 0.5) is 0 Å². The maximum Gasteiger partial charge on any atom is 0.226 e. The zero-order valence-corrected chi connectivity index (χ0v) is 12.5. The van der Waals surface area contributed by atoms with Gasteiger partial charge in [-0.3, -0.25) is 4.90 Å². The van der Waals surface area contributed by atoms with Crippen LogP contribution in [0, 0.1) is 0 Å². The van der Waals surface area contributed by atoms with Crippen LogP contribution in [0.3, 0.4) is 0 Å². The Morgan fingerprint density at radius 2 is 2.10 bits per heavy atom. The van der Waals surface area contributed by atoms with Crippen LogP contribution in [-0.4, -0.2) is 29.0 Å². The van der Waals surface area contributed by atoms with Crippen LogP contribution in [0.2, 0.25) is 5.02 Å². The number of aromatic nitrogens is 1. The van der Waals surface area contributed by atoms with Gasteiger partial charge in [-0.15, -0.1) is 12.4 Å². The molecule has 0 bridgehead atoms. The van der Waals surface area contributed by atoms with Crippen LogP contribution < -0.4 is 5.73 Å². The van der Waals surface area contributed by atoms with Gasteiger partial charge in [-0.05, 0) is 30.7 Å². The number of nitrogens with two attached hydrogens (primary N) is 1. The fraction of sp³-hybridized carbons (Fsp3) is 0.357. The molecule has 0 saturated carbocycles. The quantitative estimate of drug-likeness (QED) is 0.946. The summed E-state index contributed by atoms with van der Waals surface area (Å²) in [6.45, 7) is 2.76. The van der Waals surface area contributed by atoms with Crippen molar-refractivity contribution in [2.24, 2.45) is 5.73 Å². The minimum Gasteiger partial charge on any atom is -0.444 e. The van der Waals surface area contributed by atoms with Crippen molar-refractivity contribution in [1.82, 2.24) is 9.88 Å². The van der Waals surface area contributed by atoms with Crippen molar-refractivity contribution in [3.8, 4) is 11.5 Å².